The number of halogens is 3. The molecule has 2 aromatic carbocycles. The smallest absolute Gasteiger partial charge is 0.489 e. The van der Waals surface area contributed by atoms with E-state index in [9.17, 15) is 27.9 Å². The van der Waals surface area contributed by atoms with Gasteiger partial charge in [-0.05, 0) is 61.9 Å². The molecule has 0 spiro atoms. The average molecular weight is 535 g/mol. The van der Waals surface area contributed by atoms with E-state index in [0.29, 0.717) is 45.6 Å². The van der Waals surface area contributed by atoms with E-state index in [1.165, 1.54) is 18.2 Å². The van der Waals surface area contributed by atoms with Gasteiger partial charge in [-0.3, -0.25) is 9.69 Å². The van der Waals surface area contributed by atoms with Crippen LogP contribution in [0.5, 0.6) is 11.5 Å². The number of carbonyl (C=O) groups is 2. The van der Waals surface area contributed by atoms with Crippen molar-refractivity contribution in [2.24, 2.45) is 0 Å². The number of alkyl halides is 3. The van der Waals surface area contributed by atoms with E-state index < -0.39 is 23.4 Å². The van der Waals surface area contributed by atoms with Gasteiger partial charge >= 0.3 is 12.3 Å². The second-order valence-electron chi connectivity index (χ2n) is 10.1. The molecular weight excluding hydrogens is 505 g/mol. The lowest BCUT2D eigenvalue weighted by Gasteiger charge is -2.43. The first kappa shape index (κ1) is 26.3. The molecule has 0 unspecified atom stereocenters. The first-order valence-electron chi connectivity index (χ1n) is 12.6. The van der Waals surface area contributed by atoms with Gasteiger partial charge in [-0.2, -0.15) is 0 Å². The summed E-state index contributed by atoms with van der Waals surface area (Å²) in [5, 5.41) is 12.5. The summed E-state index contributed by atoms with van der Waals surface area (Å²) in [6.45, 7) is 1.91. The molecule has 2 saturated heterocycles. The first-order chi connectivity index (χ1) is 18.1. The van der Waals surface area contributed by atoms with Gasteiger partial charge in [0.15, 0.2) is 0 Å². The molecule has 38 heavy (non-hydrogen) atoms. The van der Waals surface area contributed by atoms with Crippen molar-refractivity contribution in [3.63, 3.8) is 0 Å². The molecule has 0 radical (unpaired) electrons. The number of nitrogens with one attached hydrogen (secondary N) is 1. The Morgan fingerprint density at radius 1 is 1.03 bits per heavy atom. The zero-order valence-corrected chi connectivity index (χ0v) is 20.6. The number of rotatable bonds is 8. The molecule has 204 valence electrons. The van der Waals surface area contributed by atoms with Crippen LogP contribution >= 0.6 is 0 Å². The summed E-state index contributed by atoms with van der Waals surface area (Å²) < 4.78 is 53.3. The van der Waals surface area contributed by atoms with E-state index in [0.717, 1.165) is 18.4 Å². The van der Waals surface area contributed by atoms with Crippen molar-refractivity contribution in [3.05, 3.63) is 59.7 Å². The monoisotopic (exact) mass is 534 g/mol. The van der Waals surface area contributed by atoms with Gasteiger partial charge in [0.05, 0.1) is 11.1 Å². The Kier molecular flexibility index (Phi) is 6.99. The fraction of sp³-hybridized carbons (Fsp3) is 0.481. The maximum atomic E-state index is 13.9. The second kappa shape index (κ2) is 10.1. The van der Waals surface area contributed by atoms with Crippen LogP contribution in [0.4, 0.5) is 13.2 Å². The van der Waals surface area contributed by atoms with Crippen molar-refractivity contribution in [1.29, 1.82) is 0 Å². The lowest BCUT2D eigenvalue weighted by atomic mass is 9.86. The third-order valence-electron chi connectivity index (χ3n) is 7.62. The Labute approximate surface area is 217 Å². The lowest BCUT2D eigenvalue weighted by molar-refractivity contribution is -0.274. The molecule has 1 atom stereocenters. The number of amides is 1. The normalized spacial score (nSPS) is 22.4. The Morgan fingerprint density at radius 2 is 1.71 bits per heavy atom. The van der Waals surface area contributed by atoms with Crippen LogP contribution in [-0.4, -0.2) is 66.2 Å². The van der Waals surface area contributed by atoms with Crippen molar-refractivity contribution in [2.45, 2.75) is 55.6 Å². The molecule has 1 amide bonds. The highest BCUT2D eigenvalue weighted by Gasteiger charge is 2.53. The third kappa shape index (κ3) is 5.58. The summed E-state index contributed by atoms with van der Waals surface area (Å²) in [5.74, 6) is -1.18. The number of nitrogens with zero attached hydrogens (tertiary/aromatic N) is 1. The summed E-state index contributed by atoms with van der Waals surface area (Å²) in [6.07, 6.45) is -1.94. The van der Waals surface area contributed by atoms with E-state index in [1.54, 1.807) is 30.3 Å². The maximum absolute atomic E-state index is 13.9. The van der Waals surface area contributed by atoms with Crippen LogP contribution in [0.1, 0.15) is 48.0 Å². The van der Waals surface area contributed by atoms with E-state index in [2.05, 4.69) is 15.0 Å². The first-order valence-corrected chi connectivity index (χ1v) is 12.6. The van der Waals surface area contributed by atoms with Crippen molar-refractivity contribution in [1.82, 2.24) is 10.2 Å². The topological polar surface area (TPSA) is 97.3 Å². The minimum absolute atomic E-state index is 0.0955. The average Bonchev–Trinajstić information content (AvgIpc) is 3.51. The molecule has 0 aromatic heterocycles. The number of hydrogen-bond acceptors (Lipinski definition) is 6. The highest BCUT2D eigenvalue weighted by atomic mass is 19.4. The van der Waals surface area contributed by atoms with E-state index >= 15 is 0 Å². The van der Waals surface area contributed by atoms with Crippen molar-refractivity contribution >= 4 is 11.9 Å². The molecular formula is C27H29F3N2O6. The predicted molar refractivity (Wildman–Crippen MR) is 129 cm³/mol. The summed E-state index contributed by atoms with van der Waals surface area (Å²) >= 11 is 0. The minimum atomic E-state index is -4.79. The minimum Gasteiger partial charge on any atom is -0.489 e. The summed E-state index contributed by atoms with van der Waals surface area (Å²) in [5.41, 5.74) is -0.251. The van der Waals surface area contributed by atoms with Gasteiger partial charge in [0.1, 0.15) is 23.1 Å². The van der Waals surface area contributed by atoms with Gasteiger partial charge in [-0.1, -0.05) is 18.2 Å². The van der Waals surface area contributed by atoms with Gasteiger partial charge in [-0.25, -0.2) is 4.79 Å². The number of benzene rings is 2. The van der Waals surface area contributed by atoms with Crippen molar-refractivity contribution < 1.29 is 42.1 Å². The molecule has 5 rings (SSSR count). The number of likely N-dealkylation sites (tertiary alicyclic amines) is 1. The van der Waals surface area contributed by atoms with Gasteiger partial charge in [0.25, 0.3) is 0 Å². The highest BCUT2D eigenvalue weighted by Crippen LogP contribution is 2.47. The summed E-state index contributed by atoms with van der Waals surface area (Å²) in [6, 6.07) is 12.0. The Balaban J connectivity index is 1.28. The van der Waals surface area contributed by atoms with Crippen LogP contribution < -0.4 is 14.8 Å². The van der Waals surface area contributed by atoms with Crippen molar-refractivity contribution in [3.8, 4) is 11.5 Å². The number of hydrogen-bond donors (Lipinski definition) is 2. The van der Waals surface area contributed by atoms with Crippen LogP contribution in [0.3, 0.4) is 0 Å². The van der Waals surface area contributed by atoms with Gasteiger partial charge in [-0.15, -0.1) is 13.2 Å². The maximum Gasteiger partial charge on any atom is 0.573 e. The van der Waals surface area contributed by atoms with Gasteiger partial charge in [0.2, 0.25) is 5.91 Å². The van der Waals surface area contributed by atoms with Crippen LogP contribution in [0, 0.1) is 0 Å². The molecule has 2 heterocycles. The fourth-order valence-electron chi connectivity index (χ4n) is 5.42. The highest BCUT2D eigenvalue weighted by molar-refractivity contribution is 5.89. The number of carbonyl (C=O) groups excluding carboxylic acids is 1. The molecule has 0 bridgehead atoms. The SMILES string of the molecule is O=C(O)c1ccc(C2(NC(=O)C3(N4CC[C@@H](Oc5cccc(OC(F)(F)F)c5)C4)CCOCC3)CC2)cc1. The second-order valence-corrected chi connectivity index (χ2v) is 10.1. The van der Waals surface area contributed by atoms with Gasteiger partial charge < -0.3 is 24.6 Å². The number of ether oxygens (including phenoxy) is 3. The molecule has 11 heteroatoms. The summed E-state index contributed by atoms with van der Waals surface area (Å²) in [4.78, 5) is 27.2. The van der Waals surface area contributed by atoms with E-state index in [4.69, 9.17) is 9.47 Å². The molecule has 8 nitrogen and oxygen atoms in total. The van der Waals surface area contributed by atoms with Crippen LogP contribution in [-0.2, 0) is 15.1 Å². The molecule has 1 saturated carbocycles. The van der Waals surface area contributed by atoms with Crippen molar-refractivity contribution in [2.75, 3.05) is 26.3 Å². The number of carboxylic acid groups (broad SMARTS) is 1. The van der Waals surface area contributed by atoms with Crippen LogP contribution in [0.25, 0.3) is 0 Å². The summed E-state index contributed by atoms with van der Waals surface area (Å²) in [7, 11) is 0. The number of aromatic carboxylic acids is 1. The quantitative estimate of drug-likeness (QED) is 0.527. The lowest BCUT2D eigenvalue weighted by Crippen LogP contribution is -2.62. The fourth-order valence-corrected chi connectivity index (χ4v) is 5.42. The standard InChI is InChI=1S/C27H29F3N2O6/c28-27(29,30)38-21-3-1-2-20(16-21)37-22-8-13-32(17-22)26(11-14-36-15-12-26)24(35)31-25(9-10-25)19-6-4-18(5-7-19)23(33)34/h1-7,16,22H,8-15,17H2,(H,31,35)(H,33,34)/t22-/m1/s1. The zero-order chi connectivity index (χ0) is 27.0. The predicted octanol–water partition coefficient (Wildman–Crippen LogP) is 4.09. The van der Waals surface area contributed by atoms with Crippen LogP contribution in [0.15, 0.2) is 48.5 Å². The molecule has 3 fully saturated rings. The Hall–Kier alpha value is -3.31. The molecule has 2 N–H and O–H groups in total. The third-order valence-corrected chi connectivity index (χ3v) is 7.62. The Morgan fingerprint density at radius 3 is 2.34 bits per heavy atom. The molecule has 1 aliphatic carbocycles. The van der Waals surface area contributed by atoms with E-state index in [-0.39, 0.29) is 29.1 Å². The zero-order valence-electron chi connectivity index (χ0n) is 20.6. The Bertz CT molecular complexity index is 1180. The van der Waals surface area contributed by atoms with E-state index in [1.807, 2.05) is 0 Å². The van der Waals surface area contributed by atoms with Gasteiger partial charge in [0, 0.05) is 32.4 Å². The number of carboxylic acids is 1. The molecule has 3 aliphatic rings. The molecule has 2 aromatic rings. The van der Waals surface area contributed by atoms with Crippen LogP contribution in [0.2, 0.25) is 0 Å². The largest absolute Gasteiger partial charge is 0.573 e. The molecule has 2 aliphatic heterocycles.